The van der Waals surface area contributed by atoms with Gasteiger partial charge in [0.15, 0.2) is 0 Å². The first-order valence-electron chi connectivity index (χ1n) is 7.53. The zero-order valence-corrected chi connectivity index (χ0v) is 15.7. The number of nitrogens with zero attached hydrogens (tertiary/aromatic N) is 1. The summed E-state index contributed by atoms with van der Waals surface area (Å²) >= 11 is 1.41. The molecule has 25 heavy (non-hydrogen) atoms. The van der Waals surface area contributed by atoms with Crippen molar-refractivity contribution in [2.24, 2.45) is 5.73 Å². The van der Waals surface area contributed by atoms with Crippen molar-refractivity contribution in [2.45, 2.75) is 6.04 Å². The third kappa shape index (κ3) is 3.54. The highest BCUT2D eigenvalue weighted by molar-refractivity contribution is 7.17. The molecule has 1 aliphatic heterocycles. The molecule has 1 aliphatic rings. The lowest BCUT2D eigenvalue weighted by molar-refractivity contribution is 0.170. The predicted molar refractivity (Wildman–Crippen MR) is 110 cm³/mol. The van der Waals surface area contributed by atoms with E-state index in [1.165, 1.54) is 11.3 Å². The molecule has 0 atom stereocenters. The first-order chi connectivity index (χ1) is 11.1. The Balaban J connectivity index is 0.00000113. The van der Waals surface area contributed by atoms with E-state index in [1.807, 2.05) is 23.6 Å². The first-order valence-corrected chi connectivity index (χ1v) is 8.41. The van der Waals surface area contributed by atoms with Gasteiger partial charge in [-0.05, 0) is 23.6 Å². The largest absolute Gasteiger partial charge is 0.507 e. The van der Waals surface area contributed by atoms with E-state index in [1.54, 1.807) is 12.1 Å². The van der Waals surface area contributed by atoms with Crippen LogP contribution < -0.4 is 11.3 Å². The maximum atomic E-state index is 12.1. The fourth-order valence-corrected chi connectivity index (χ4v) is 3.91. The summed E-state index contributed by atoms with van der Waals surface area (Å²) in [4.78, 5) is 17.2. The number of H-pyrrole nitrogens is 1. The van der Waals surface area contributed by atoms with E-state index in [0.29, 0.717) is 4.70 Å². The molecule has 1 fully saturated rings. The van der Waals surface area contributed by atoms with E-state index in [2.05, 4.69) is 9.88 Å². The second-order valence-electron chi connectivity index (χ2n) is 5.92. The van der Waals surface area contributed by atoms with E-state index < -0.39 is 0 Å². The van der Waals surface area contributed by atoms with E-state index in [0.717, 1.165) is 41.5 Å². The molecule has 1 aromatic carbocycles. The van der Waals surface area contributed by atoms with E-state index in [-0.39, 0.29) is 42.2 Å². The van der Waals surface area contributed by atoms with Crippen LogP contribution in [0.4, 0.5) is 0 Å². The number of phenolic OH excluding ortho intramolecular Hbond substituents is 1. The van der Waals surface area contributed by atoms with Crippen molar-refractivity contribution < 1.29 is 5.11 Å². The number of fused-ring (bicyclic) bond motifs is 3. The van der Waals surface area contributed by atoms with Gasteiger partial charge in [-0.15, -0.1) is 36.2 Å². The highest BCUT2D eigenvalue weighted by atomic mass is 35.5. The lowest BCUT2D eigenvalue weighted by Gasteiger charge is -2.35. The summed E-state index contributed by atoms with van der Waals surface area (Å²) < 4.78 is 0.687. The average Bonchev–Trinajstić information content (AvgIpc) is 2.98. The number of pyridine rings is 1. The summed E-state index contributed by atoms with van der Waals surface area (Å²) in [5.74, 6) is 0.216. The summed E-state index contributed by atoms with van der Waals surface area (Å²) in [7, 11) is 0. The lowest BCUT2D eigenvalue weighted by atomic mass is 10.0. The van der Waals surface area contributed by atoms with Gasteiger partial charge in [-0.3, -0.25) is 9.69 Å². The van der Waals surface area contributed by atoms with Gasteiger partial charge in [0.05, 0.1) is 0 Å². The van der Waals surface area contributed by atoms with Gasteiger partial charge in [0.25, 0.3) is 5.56 Å². The number of aromatic hydroxyl groups is 1. The lowest BCUT2D eigenvalue weighted by Crippen LogP contribution is -2.55. The number of benzene rings is 1. The topological polar surface area (TPSA) is 82.3 Å². The van der Waals surface area contributed by atoms with Crippen molar-refractivity contribution in [1.29, 1.82) is 0 Å². The molecule has 8 heteroatoms. The van der Waals surface area contributed by atoms with Gasteiger partial charge in [0, 0.05) is 47.5 Å². The van der Waals surface area contributed by atoms with Crippen LogP contribution in [-0.2, 0) is 0 Å². The number of phenols is 1. The number of aromatic nitrogens is 1. The highest BCUT2D eigenvalue weighted by Gasteiger charge is 2.21. The SMILES string of the molecule is Cl.Cl.NC1CN(CC=Cc2c(O)ccc3[nH]c(=O)c4sccc4c23)C1. The molecule has 0 saturated carbocycles. The Kier molecular flexibility index (Phi) is 6.13. The molecule has 134 valence electrons. The summed E-state index contributed by atoms with van der Waals surface area (Å²) in [6.07, 6.45) is 3.96. The van der Waals surface area contributed by atoms with Crippen molar-refractivity contribution >= 4 is 63.2 Å². The number of nitrogens with two attached hydrogens (primary N) is 1. The monoisotopic (exact) mass is 399 g/mol. The number of likely N-dealkylation sites (tertiary alicyclic amines) is 1. The normalized spacial score (nSPS) is 15.2. The molecule has 2 aromatic heterocycles. The summed E-state index contributed by atoms with van der Waals surface area (Å²) in [5, 5.41) is 14.0. The maximum Gasteiger partial charge on any atom is 0.266 e. The molecule has 3 aromatic rings. The molecular weight excluding hydrogens is 381 g/mol. The Bertz CT molecular complexity index is 977. The Hall–Kier alpha value is -1.57. The number of hydrogen-bond donors (Lipinski definition) is 3. The van der Waals surface area contributed by atoms with Crippen LogP contribution in [0.3, 0.4) is 0 Å². The third-order valence-electron chi connectivity index (χ3n) is 4.25. The first kappa shape index (κ1) is 19.8. The average molecular weight is 400 g/mol. The van der Waals surface area contributed by atoms with Crippen LogP contribution in [-0.4, -0.2) is 40.7 Å². The Morgan fingerprint density at radius 1 is 1.32 bits per heavy atom. The minimum atomic E-state index is -0.0855. The quantitative estimate of drug-likeness (QED) is 0.632. The highest BCUT2D eigenvalue weighted by Crippen LogP contribution is 2.33. The maximum absolute atomic E-state index is 12.1. The fourth-order valence-electron chi connectivity index (χ4n) is 3.11. The molecule has 0 aliphatic carbocycles. The predicted octanol–water partition coefficient (Wildman–Crippen LogP) is 2.95. The van der Waals surface area contributed by atoms with E-state index in [9.17, 15) is 9.90 Å². The van der Waals surface area contributed by atoms with Crippen LogP contribution in [0.25, 0.3) is 27.1 Å². The van der Waals surface area contributed by atoms with Gasteiger partial charge in [-0.2, -0.15) is 0 Å². The number of hydrogen-bond acceptors (Lipinski definition) is 5. The second kappa shape index (κ2) is 7.76. The Labute approximate surface area is 161 Å². The van der Waals surface area contributed by atoms with Gasteiger partial charge in [-0.1, -0.05) is 12.2 Å². The van der Waals surface area contributed by atoms with Crippen LogP contribution in [0.15, 0.2) is 34.4 Å². The summed E-state index contributed by atoms with van der Waals surface area (Å²) in [6, 6.07) is 5.58. The zero-order chi connectivity index (χ0) is 16.0. The van der Waals surface area contributed by atoms with E-state index >= 15 is 0 Å². The molecular formula is C17H19Cl2N3O2S. The minimum absolute atomic E-state index is 0. The summed E-state index contributed by atoms with van der Waals surface area (Å²) in [6.45, 7) is 2.63. The van der Waals surface area contributed by atoms with Crippen LogP contribution in [0, 0.1) is 0 Å². The van der Waals surface area contributed by atoms with Crippen molar-refractivity contribution in [1.82, 2.24) is 9.88 Å². The zero-order valence-electron chi connectivity index (χ0n) is 13.3. The van der Waals surface area contributed by atoms with Crippen molar-refractivity contribution in [3.8, 4) is 5.75 Å². The molecule has 0 bridgehead atoms. The van der Waals surface area contributed by atoms with Gasteiger partial charge in [-0.25, -0.2) is 0 Å². The number of thiophene rings is 1. The smallest absolute Gasteiger partial charge is 0.266 e. The van der Waals surface area contributed by atoms with Crippen molar-refractivity contribution in [3.63, 3.8) is 0 Å². The Morgan fingerprint density at radius 2 is 2.08 bits per heavy atom. The van der Waals surface area contributed by atoms with Gasteiger partial charge < -0.3 is 15.8 Å². The number of aromatic amines is 1. The molecule has 4 rings (SSSR count). The van der Waals surface area contributed by atoms with Crippen molar-refractivity contribution in [3.05, 3.63) is 45.6 Å². The second-order valence-corrected chi connectivity index (χ2v) is 6.84. The van der Waals surface area contributed by atoms with Gasteiger partial charge in [0.2, 0.25) is 0 Å². The van der Waals surface area contributed by atoms with Crippen LogP contribution in [0.1, 0.15) is 5.56 Å². The third-order valence-corrected chi connectivity index (χ3v) is 5.16. The molecule has 0 amide bonds. The van der Waals surface area contributed by atoms with Gasteiger partial charge >= 0.3 is 0 Å². The molecule has 4 N–H and O–H groups in total. The minimum Gasteiger partial charge on any atom is -0.507 e. The number of halogens is 2. The number of nitrogens with one attached hydrogen (secondary N) is 1. The summed E-state index contributed by atoms with van der Waals surface area (Å²) in [5.41, 5.74) is 7.17. The van der Waals surface area contributed by atoms with Crippen LogP contribution >= 0.6 is 36.2 Å². The molecule has 0 spiro atoms. The standard InChI is InChI=1S/C17H17N3O2S.2ClH/c18-10-8-20(9-10)6-1-2-11-14(21)4-3-13-15(11)12-5-7-23-16(12)17(22)19-13;;/h1-5,7,10,21H,6,8-9,18H2,(H,19,22);2*1H. The Morgan fingerprint density at radius 3 is 2.80 bits per heavy atom. The molecule has 5 nitrogen and oxygen atoms in total. The fraction of sp³-hybridized carbons (Fsp3) is 0.235. The van der Waals surface area contributed by atoms with Gasteiger partial charge in [0.1, 0.15) is 10.4 Å². The molecule has 0 unspecified atom stereocenters. The number of rotatable bonds is 3. The molecule has 3 heterocycles. The molecule has 1 saturated heterocycles. The van der Waals surface area contributed by atoms with Crippen molar-refractivity contribution in [2.75, 3.05) is 19.6 Å². The van der Waals surface area contributed by atoms with Crippen LogP contribution in [0.2, 0.25) is 0 Å². The van der Waals surface area contributed by atoms with E-state index in [4.69, 9.17) is 5.73 Å². The van der Waals surface area contributed by atoms with Crippen LogP contribution in [0.5, 0.6) is 5.75 Å². The molecule has 0 radical (unpaired) electrons.